The molecule has 0 amide bonds. The van der Waals surface area contributed by atoms with E-state index in [0.29, 0.717) is 16.8 Å². The molecule has 0 aliphatic carbocycles. The van der Waals surface area contributed by atoms with Crippen molar-refractivity contribution in [3.8, 4) is 5.88 Å². The molecule has 0 atom stereocenters. The number of fused-ring (bicyclic) bond motifs is 1. The Hall–Kier alpha value is -3.21. The van der Waals surface area contributed by atoms with Gasteiger partial charge >= 0.3 is 5.97 Å². The Morgan fingerprint density at radius 2 is 1.78 bits per heavy atom. The number of hydrogen-bond donors (Lipinski definition) is 1. The van der Waals surface area contributed by atoms with E-state index in [2.05, 4.69) is 9.97 Å². The number of aromatic carboxylic acids is 1. The van der Waals surface area contributed by atoms with Gasteiger partial charge in [0.2, 0.25) is 5.88 Å². The standard InChI is InChI=1S/C18H14N2O3/c1-23-17-11-13(6-8-20-17)3-2-12-4-5-16-15(10-12)14(18(21)22)7-9-19-16/h2-11H,1H3,(H,21,22)/b3-2+. The lowest BCUT2D eigenvalue weighted by atomic mass is 10.1. The summed E-state index contributed by atoms with van der Waals surface area (Å²) in [5.74, 6) is -0.416. The monoisotopic (exact) mass is 306 g/mol. The number of rotatable bonds is 4. The van der Waals surface area contributed by atoms with Gasteiger partial charge in [-0.2, -0.15) is 0 Å². The molecule has 1 N–H and O–H groups in total. The molecule has 0 fully saturated rings. The third kappa shape index (κ3) is 3.18. The highest BCUT2D eigenvalue weighted by atomic mass is 16.5. The summed E-state index contributed by atoms with van der Waals surface area (Å²) in [6, 6.07) is 10.7. The minimum Gasteiger partial charge on any atom is -0.481 e. The van der Waals surface area contributed by atoms with Gasteiger partial charge in [-0.05, 0) is 35.4 Å². The molecule has 1 aromatic carbocycles. The maximum Gasteiger partial charge on any atom is 0.336 e. The predicted octanol–water partition coefficient (Wildman–Crippen LogP) is 3.51. The van der Waals surface area contributed by atoms with Crippen molar-refractivity contribution in [1.29, 1.82) is 0 Å². The Morgan fingerprint density at radius 1 is 1.04 bits per heavy atom. The number of nitrogens with zero attached hydrogens (tertiary/aromatic N) is 2. The lowest BCUT2D eigenvalue weighted by Gasteiger charge is -2.03. The average molecular weight is 306 g/mol. The van der Waals surface area contributed by atoms with Crippen LogP contribution in [0.1, 0.15) is 21.5 Å². The number of pyridine rings is 2. The fourth-order valence-electron chi connectivity index (χ4n) is 2.29. The number of carboxylic acid groups (broad SMARTS) is 1. The Labute approximate surface area is 132 Å². The van der Waals surface area contributed by atoms with E-state index < -0.39 is 5.97 Å². The Balaban J connectivity index is 1.98. The van der Waals surface area contributed by atoms with Crippen LogP contribution in [0.25, 0.3) is 23.1 Å². The van der Waals surface area contributed by atoms with Crippen LogP contribution in [-0.4, -0.2) is 28.2 Å². The molecule has 5 heteroatoms. The average Bonchev–Trinajstić information content (AvgIpc) is 2.59. The highest BCUT2D eigenvalue weighted by Gasteiger charge is 2.08. The molecule has 0 bridgehead atoms. The normalized spacial score (nSPS) is 11.0. The third-order valence-electron chi connectivity index (χ3n) is 3.43. The molecule has 0 aliphatic heterocycles. The summed E-state index contributed by atoms with van der Waals surface area (Å²) in [6.45, 7) is 0. The molecule has 0 radical (unpaired) electrons. The van der Waals surface area contributed by atoms with Crippen LogP contribution in [0.2, 0.25) is 0 Å². The van der Waals surface area contributed by atoms with Crippen LogP contribution in [0, 0.1) is 0 Å². The van der Waals surface area contributed by atoms with Crippen molar-refractivity contribution in [2.24, 2.45) is 0 Å². The predicted molar refractivity (Wildman–Crippen MR) is 88.4 cm³/mol. The fourth-order valence-corrected chi connectivity index (χ4v) is 2.29. The highest BCUT2D eigenvalue weighted by molar-refractivity contribution is 6.03. The second-order valence-corrected chi connectivity index (χ2v) is 4.91. The maximum absolute atomic E-state index is 11.3. The van der Waals surface area contributed by atoms with Gasteiger partial charge in [0.15, 0.2) is 0 Å². The Kier molecular flexibility index (Phi) is 4.01. The number of benzene rings is 1. The number of ether oxygens (including phenoxy) is 1. The van der Waals surface area contributed by atoms with Crippen LogP contribution < -0.4 is 4.74 Å². The van der Waals surface area contributed by atoms with E-state index in [9.17, 15) is 9.90 Å². The van der Waals surface area contributed by atoms with Gasteiger partial charge in [-0.15, -0.1) is 0 Å². The molecule has 114 valence electrons. The topological polar surface area (TPSA) is 72.3 Å². The van der Waals surface area contributed by atoms with Crippen molar-refractivity contribution in [3.63, 3.8) is 0 Å². The first kappa shape index (κ1) is 14.7. The summed E-state index contributed by atoms with van der Waals surface area (Å²) in [5.41, 5.74) is 2.74. The van der Waals surface area contributed by atoms with Crippen molar-refractivity contribution >= 4 is 29.0 Å². The number of methoxy groups -OCH3 is 1. The van der Waals surface area contributed by atoms with Crippen molar-refractivity contribution in [2.45, 2.75) is 0 Å². The summed E-state index contributed by atoms with van der Waals surface area (Å²) in [5, 5.41) is 9.89. The first-order valence-electron chi connectivity index (χ1n) is 6.97. The lowest BCUT2D eigenvalue weighted by molar-refractivity contribution is 0.0699. The van der Waals surface area contributed by atoms with Gasteiger partial charge in [0.05, 0.1) is 18.2 Å². The van der Waals surface area contributed by atoms with E-state index in [1.807, 2.05) is 42.5 Å². The second-order valence-electron chi connectivity index (χ2n) is 4.91. The number of carboxylic acids is 1. The van der Waals surface area contributed by atoms with Gasteiger partial charge < -0.3 is 9.84 Å². The van der Waals surface area contributed by atoms with Crippen LogP contribution >= 0.6 is 0 Å². The SMILES string of the molecule is COc1cc(/C=C/c2ccc3nccc(C(=O)O)c3c2)ccn1. The molecule has 2 aromatic heterocycles. The Morgan fingerprint density at radius 3 is 2.52 bits per heavy atom. The van der Waals surface area contributed by atoms with Crippen LogP contribution in [0.5, 0.6) is 5.88 Å². The first-order valence-corrected chi connectivity index (χ1v) is 6.97. The summed E-state index contributed by atoms with van der Waals surface area (Å²) in [4.78, 5) is 19.6. The van der Waals surface area contributed by atoms with Crippen molar-refractivity contribution in [3.05, 3.63) is 65.5 Å². The zero-order valence-electron chi connectivity index (χ0n) is 12.4. The Bertz CT molecular complexity index is 904. The molecule has 0 unspecified atom stereocenters. The van der Waals surface area contributed by atoms with E-state index in [0.717, 1.165) is 11.1 Å². The zero-order valence-corrected chi connectivity index (χ0v) is 12.4. The van der Waals surface area contributed by atoms with Crippen LogP contribution in [0.4, 0.5) is 0 Å². The fraction of sp³-hybridized carbons (Fsp3) is 0.0556. The van der Waals surface area contributed by atoms with E-state index in [1.54, 1.807) is 13.3 Å². The van der Waals surface area contributed by atoms with Gasteiger partial charge in [0.1, 0.15) is 0 Å². The molecule has 0 aliphatic rings. The smallest absolute Gasteiger partial charge is 0.336 e. The second kappa shape index (κ2) is 6.27. The summed E-state index contributed by atoms with van der Waals surface area (Å²) >= 11 is 0. The molecule has 0 spiro atoms. The highest BCUT2D eigenvalue weighted by Crippen LogP contribution is 2.20. The first-order chi connectivity index (χ1) is 11.2. The van der Waals surface area contributed by atoms with E-state index in [1.165, 1.54) is 12.3 Å². The zero-order chi connectivity index (χ0) is 16.2. The number of carbonyl (C=O) groups is 1. The molecule has 3 aromatic rings. The van der Waals surface area contributed by atoms with Gasteiger partial charge in [0.25, 0.3) is 0 Å². The van der Waals surface area contributed by atoms with Gasteiger partial charge in [0, 0.05) is 23.8 Å². The lowest BCUT2D eigenvalue weighted by Crippen LogP contribution is -1.98. The minimum absolute atomic E-state index is 0.246. The van der Waals surface area contributed by atoms with E-state index in [-0.39, 0.29) is 5.56 Å². The third-order valence-corrected chi connectivity index (χ3v) is 3.43. The molecule has 23 heavy (non-hydrogen) atoms. The van der Waals surface area contributed by atoms with E-state index >= 15 is 0 Å². The molecule has 3 rings (SSSR count). The summed E-state index contributed by atoms with van der Waals surface area (Å²) < 4.78 is 5.09. The molecule has 0 saturated carbocycles. The molecule has 2 heterocycles. The van der Waals surface area contributed by atoms with Crippen molar-refractivity contribution < 1.29 is 14.6 Å². The molecular weight excluding hydrogens is 292 g/mol. The van der Waals surface area contributed by atoms with Crippen molar-refractivity contribution in [1.82, 2.24) is 9.97 Å². The largest absolute Gasteiger partial charge is 0.481 e. The van der Waals surface area contributed by atoms with Crippen molar-refractivity contribution in [2.75, 3.05) is 7.11 Å². The van der Waals surface area contributed by atoms with Gasteiger partial charge in [-0.1, -0.05) is 18.2 Å². The summed E-state index contributed by atoms with van der Waals surface area (Å²) in [6.07, 6.45) is 7.00. The van der Waals surface area contributed by atoms with Crippen LogP contribution in [0.15, 0.2) is 48.8 Å². The van der Waals surface area contributed by atoms with Crippen LogP contribution in [-0.2, 0) is 0 Å². The maximum atomic E-state index is 11.3. The number of hydrogen-bond acceptors (Lipinski definition) is 4. The minimum atomic E-state index is -0.961. The summed E-state index contributed by atoms with van der Waals surface area (Å²) in [7, 11) is 1.57. The van der Waals surface area contributed by atoms with E-state index in [4.69, 9.17) is 4.74 Å². The quantitative estimate of drug-likeness (QED) is 0.798. The molecule has 5 nitrogen and oxygen atoms in total. The molecular formula is C18H14N2O3. The number of aromatic nitrogens is 2. The van der Waals surface area contributed by atoms with Crippen LogP contribution in [0.3, 0.4) is 0 Å². The molecule has 0 saturated heterocycles. The van der Waals surface area contributed by atoms with Gasteiger partial charge in [-0.3, -0.25) is 4.98 Å². The van der Waals surface area contributed by atoms with Gasteiger partial charge in [-0.25, -0.2) is 9.78 Å².